The summed E-state index contributed by atoms with van der Waals surface area (Å²) in [7, 11) is 0. The summed E-state index contributed by atoms with van der Waals surface area (Å²) in [5, 5.41) is 8.54. The zero-order chi connectivity index (χ0) is 22.9. The van der Waals surface area contributed by atoms with E-state index in [9.17, 15) is 0 Å². The smallest absolute Gasteiger partial charge is 0.254 e. The van der Waals surface area contributed by atoms with Crippen molar-refractivity contribution in [2.75, 3.05) is 37.8 Å². The van der Waals surface area contributed by atoms with Gasteiger partial charge in [0, 0.05) is 50.0 Å². The lowest BCUT2D eigenvalue weighted by molar-refractivity contribution is 0.0653. The first-order valence-corrected chi connectivity index (χ1v) is 11.9. The van der Waals surface area contributed by atoms with Gasteiger partial charge in [-0.2, -0.15) is 10.1 Å². The van der Waals surface area contributed by atoms with Crippen molar-refractivity contribution < 1.29 is 18.6 Å². The fourth-order valence-corrected chi connectivity index (χ4v) is 4.95. The Morgan fingerprint density at radius 2 is 2.00 bits per heavy atom. The van der Waals surface area contributed by atoms with Crippen LogP contribution >= 0.6 is 0 Å². The van der Waals surface area contributed by atoms with E-state index in [-0.39, 0.29) is 12.5 Å². The summed E-state index contributed by atoms with van der Waals surface area (Å²) in [6, 6.07) is 11.4. The number of fused-ring (bicyclic) bond motifs is 2. The van der Waals surface area contributed by atoms with Crippen LogP contribution in [0.2, 0.25) is 0 Å². The van der Waals surface area contributed by atoms with Gasteiger partial charge in [0.2, 0.25) is 5.88 Å². The fourth-order valence-electron chi connectivity index (χ4n) is 4.95. The number of ether oxygens (including phenoxy) is 3. The Morgan fingerprint density at radius 1 is 1.15 bits per heavy atom. The second-order valence-corrected chi connectivity index (χ2v) is 8.84. The van der Waals surface area contributed by atoms with E-state index in [2.05, 4.69) is 15.0 Å². The molecular formula is C25H28FN5O3. The third kappa shape index (κ3) is 3.99. The van der Waals surface area contributed by atoms with Crippen molar-refractivity contribution in [1.29, 1.82) is 0 Å². The van der Waals surface area contributed by atoms with Gasteiger partial charge in [0.05, 0.1) is 12.6 Å². The van der Waals surface area contributed by atoms with Crippen LogP contribution in [0.25, 0.3) is 0 Å². The molecule has 3 aliphatic rings. The van der Waals surface area contributed by atoms with Crippen LogP contribution in [0.5, 0.6) is 11.8 Å². The minimum atomic E-state index is -0.513. The van der Waals surface area contributed by atoms with Crippen LogP contribution in [0.15, 0.2) is 36.4 Å². The highest BCUT2D eigenvalue weighted by molar-refractivity contribution is 5.70. The molecule has 1 saturated heterocycles. The largest absolute Gasteiger partial charge is 0.474 e. The Morgan fingerprint density at radius 3 is 2.85 bits per heavy atom. The molecule has 9 heteroatoms. The molecule has 178 valence electrons. The molecule has 5 heterocycles. The van der Waals surface area contributed by atoms with E-state index >= 15 is 4.39 Å². The van der Waals surface area contributed by atoms with E-state index in [0.29, 0.717) is 30.8 Å². The van der Waals surface area contributed by atoms with Crippen molar-refractivity contribution in [3.05, 3.63) is 59.0 Å². The van der Waals surface area contributed by atoms with Gasteiger partial charge in [-0.25, -0.2) is 4.39 Å². The fraction of sp³-hybridized carbons (Fsp3) is 0.440. The van der Waals surface area contributed by atoms with Gasteiger partial charge < -0.3 is 24.4 Å². The first-order chi connectivity index (χ1) is 16.8. The van der Waals surface area contributed by atoms with Gasteiger partial charge >= 0.3 is 0 Å². The van der Waals surface area contributed by atoms with E-state index in [1.54, 1.807) is 0 Å². The summed E-state index contributed by atoms with van der Waals surface area (Å²) < 4.78 is 34.3. The number of nitrogens with zero attached hydrogens (tertiary/aromatic N) is 4. The average Bonchev–Trinajstić information content (AvgIpc) is 3.28. The molecule has 1 N–H and O–H groups in total. The summed E-state index contributed by atoms with van der Waals surface area (Å²) in [5.74, 6) is 0.660. The monoisotopic (exact) mass is 465 g/mol. The zero-order valence-corrected chi connectivity index (χ0v) is 19.0. The van der Waals surface area contributed by atoms with Crippen molar-refractivity contribution in [2.24, 2.45) is 0 Å². The topological polar surface area (TPSA) is 73.7 Å². The molecule has 1 aromatic carbocycles. The molecular weight excluding hydrogens is 437 g/mol. The molecule has 0 spiro atoms. The van der Waals surface area contributed by atoms with Crippen LogP contribution in [-0.2, 0) is 24.3 Å². The van der Waals surface area contributed by atoms with Crippen LogP contribution in [-0.4, -0.2) is 47.7 Å². The summed E-state index contributed by atoms with van der Waals surface area (Å²) in [6.45, 7) is 4.45. The van der Waals surface area contributed by atoms with Gasteiger partial charge in [-0.05, 0) is 18.4 Å². The van der Waals surface area contributed by atoms with Crippen LogP contribution in [0.1, 0.15) is 35.7 Å². The van der Waals surface area contributed by atoms with Crippen molar-refractivity contribution in [2.45, 2.75) is 38.5 Å². The molecule has 0 radical (unpaired) electrons. The average molecular weight is 466 g/mol. The number of rotatable bonds is 5. The van der Waals surface area contributed by atoms with Crippen molar-refractivity contribution in [3.8, 4) is 11.8 Å². The Kier molecular flexibility index (Phi) is 5.80. The van der Waals surface area contributed by atoms with Gasteiger partial charge in [0.15, 0.2) is 11.6 Å². The van der Waals surface area contributed by atoms with Gasteiger partial charge in [-0.3, -0.25) is 4.68 Å². The van der Waals surface area contributed by atoms with Crippen LogP contribution < -0.4 is 19.7 Å². The second kappa shape index (κ2) is 9.23. The highest BCUT2D eigenvalue weighted by atomic mass is 19.1. The first kappa shape index (κ1) is 21.4. The lowest BCUT2D eigenvalue weighted by Crippen LogP contribution is -2.31. The third-order valence-electron chi connectivity index (χ3n) is 6.68. The van der Waals surface area contributed by atoms with E-state index in [4.69, 9.17) is 19.3 Å². The Bertz CT molecular complexity index is 1160. The van der Waals surface area contributed by atoms with Crippen LogP contribution in [0, 0.1) is 5.82 Å². The number of pyridine rings is 1. The zero-order valence-electron chi connectivity index (χ0n) is 19.0. The summed E-state index contributed by atoms with van der Waals surface area (Å²) >= 11 is 0. The van der Waals surface area contributed by atoms with Crippen LogP contribution in [0.4, 0.5) is 15.9 Å². The highest BCUT2D eigenvalue weighted by Gasteiger charge is 2.32. The standard InChI is InChI=1S/C25H28FN5O3/c26-20-14-22-25(28-24(20)34-16-17-4-2-1-3-5-17)33-13-10-30(22)23-19-15-27-9-6-21(19)31(29-23)18-7-11-32-12-8-18/h1-5,14,18,27H,6-13,15-16H2. The van der Waals surface area contributed by atoms with Gasteiger partial charge in [0.1, 0.15) is 18.9 Å². The third-order valence-corrected chi connectivity index (χ3v) is 6.68. The number of aromatic nitrogens is 3. The van der Waals surface area contributed by atoms with E-state index in [1.165, 1.54) is 17.3 Å². The van der Waals surface area contributed by atoms with Gasteiger partial charge in [-0.1, -0.05) is 30.3 Å². The molecule has 0 aliphatic carbocycles. The Hall–Kier alpha value is -3.17. The molecule has 8 nitrogen and oxygen atoms in total. The Balaban J connectivity index is 1.32. The molecule has 2 aromatic heterocycles. The first-order valence-electron chi connectivity index (χ1n) is 11.9. The predicted octanol–water partition coefficient (Wildman–Crippen LogP) is 3.52. The lowest BCUT2D eigenvalue weighted by Gasteiger charge is -2.30. The summed E-state index contributed by atoms with van der Waals surface area (Å²) in [5.41, 5.74) is 3.97. The second-order valence-electron chi connectivity index (χ2n) is 8.84. The van der Waals surface area contributed by atoms with Crippen molar-refractivity contribution in [1.82, 2.24) is 20.1 Å². The molecule has 3 aliphatic heterocycles. The van der Waals surface area contributed by atoms with Crippen molar-refractivity contribution >= 4 is 11.5 Å². The minimum Gasteiger partial charge on any atom is -0.474 e. The normalized spacial score (nSPS) is 18.2. The van der Waals surface area contributed by atoms with E-state index in [1.807, 2.05) is 35.2 Å². The van der Waals surface area contributed by atoms with Gasteiger partial charge in [-0.15, -0.1) is 0 Å². The number of anilines is 2. The van der Waals surface area contributed by atoms with E-state index < -0.39 is 5.82 Å². The highest BCUT2D eigenvalue weighted by Crippen LogP contribution is 2.41. The number of hydrogen-bond acceptors (Lipinski definition) is 7. The molecule has 1 fully saturated rings. The van der Waals surface area contributed by atoms with Crippen LogP contribution in [0.3, 0.4) is 0 Å². The molecule has 34 heavy (non-hydrogen) atoms. The molecule has 0 saturated carbocycles. The summed E-state index contributed by atoms with van der Waals surface area (Å²) in [6.07, 6.45) is 2.84. The number of nitrogens with one attached hydrogen (secondary N) is 1. The minimum absolute atomic E-state index is 0.0547. The molecule has 0 amide bonds. The summed E-state index contributed by atoms with van der Waals surface area (Å²) in [4.78, 5) is 6.42. The SMILES string of the molecule is Fc1cc2c(nc1OCc1ccccc1)OCCN2c1nn(C2CCOCC2)c2c1CNCC2. The Labute approximate surface area is 197 Å². The predicted molar refractivity (Wildman–Crippen MR) is 124 cm³/mol. The maximum Gasteiger partial charge on any atom is 0.254 e. The molecule has 0 bridgehead atoms. The molecule has 0 atom stereocenters. The maximum atomic E-state index is 15.1. The number of hydrogen-bond donors (Lipinski definition) is 1. The van der Waals surface area contributed by atoms with Crippen molar-refractivity contribution in [3.63, 3.8) is 0 Å². The molecule has 0 unspecified atom stereocenters. The molecule has 6 rings (SSSR count). The van der Waals surface area contributed by atoms with E-state index in [0.717, 1.165) is 56.9 Å². The lowest BCUT2D eigenvalue weighted by atomic mass is 10.1. The number of benzene rings is 1. The quantitative estimate of drug-likeness (QED) is 0.618. The number of halogens is 1. The van der Waals surface area contributed by atoms with Gasteiger partial charge in [0.25, 0.3) is 5.88 Å². The molecule has 3 aromatic rings. The maximum absolute atomic E-state index is 15.1.